The minimum Gasteiger partial charge on any atom is -0.744 e. The SMILES string of the molecule is CCOC(=O)C1=NN(Cc2ccccc2S(=O)(=O)[O-])C(=O)C1.[Na+]. The van der Waals surface area contributed by atoms with Crippen molar-refractivity contribution in [1.82, 2.24) is 5.01 Å². The number of hydrogen-bond donors (Lipinski definition) is 0. The Balaban J connectivity index is 0.00000264. The monoisotopic (exact) mass is 348 g/mol. The van der Waals surface area contributed by atoms with Crippen molar-refractivity contribution in [2.24, 2.45) is 5.10 Å². The number of carbonyl (C=O) groups excluding carboxylic acids is 2. The molecular formula is C13H13N2NaO6S. The fraction of sp³-hybridized carbons (Fsp3) is 0.308. The topological polar surface area (TPSA) is 116 Å². The van der Waals surface area contributed by atoms with Crippen LogP contribution in [0.1, 0.15) is 18.9 Å². The molecule has 1 amide bonds. The molecule has 0 aromatic heterocycles. The molecule has 0 saturated carbocycles. The summed E-state index contributed by atoms with van der Waals surface area (Å²) >= 11 is 0. The number of esters is 1. The zero-order valence-electron chi connectivity index (χ0n) is 12.7. The zero-order chi connectivity index (χ0) is 16.3. The standard InChI is InChI=1S/C13H14N2O6S.Na/c1-2-21-13(17)10-7-12(16)15(14-10)8-9-5-3-4-6-11(9)22(18,19)20;/h3-6H,2,7-8H2,1H3,(H,18,19,20);/q;+1/p-1. The summed E-state index contributed by atoms with van der Waals surface area (Å²) in [6.07, 6.45) is -0.217. The number of hydrazone groups is 1. The molecule has 1 aromatic carbocycles. The van der Waals surface area contributed by atoms with Crippen molar-refractivity contribution in [3.8, 4) is 0 Å². The smallest absolute Gasteiger partial charge is 0.744 e. The van der Waals surface area contributed by atoms with Gasteiger partial charge in [-0.05, 0) is 18.6 Å². The molecular weight excluding hydrogens is 335 g/mol. The first-order chi connectivity index (χ1) is 10.3. The average molecular weight is 348 g/mol. The molecule has 0 N–H and O–H groups in total. The van der Waals surface area contributed by atoms with E-state index in [1.54, 1.807) is 13.0 Å². The molecule has 118 valence electrons. The normalized spacial score (nSPS) is 14.3. The molecule has 0 aliphatic carbocycles. The maximum absolute atomic E-state index is 11.8. The molecule has 2 rings (SSSR count). The van der Waals surface area contributed by atoms with E-state index in [4.69, 9.17) is 4.74 Å². The molecule has 8 nitrogen and oxygen atoms in total. The van der Waals surface area contributed by atoms with Crippen LogP contribution < -0.4 is 29.6 Å². The van der Waals surface area contributed by atoms with E-state index in [0.29, 0.717) is 0 Å². The van der Waals surface area contributed by atoms with Gasteiger partial charge in [-0.25, -0.2) is 18.2 Å². The summed E-state index contributed by atoms with van der Waals surface area (Å²) in [5, 5.41) is 4.79. The summed E-state index contributed by atoms with van der Waals surface area (Å²) in [4.78, 5) is 23.0. The van der Waals surface area contributed by atoms with E-state index in [2.05, 4.69) is 5.10 Å². The van der Waals surface area contributed by atoms with Gasteiger partial charge in [0, 0.05) is 0 Å². The van der Waals surface area contributed by atoms with E-state index in [0.717, 1.165) is 11.1 Å². The molecule has 1 heterocycles. The Morgan fingerprint density at radius 1 is 1.39 bits per heavy atom. The van der Waals surface area contributed by atoms with Crippen molar-refractivity contribution in [2.45, 2.75) is 24.8 Å². The third-order valence-electron chi connectivity index (χ3n) is 2.92. The zero-order valence-corrected chi connectivity index (χ0v) is 15.5. The van der Waals surface area contributed by atoms with Crippen molar-refractivity contribution in [1.29, 1.82) is 0 Å². The fourth-order valence-corrected chi connectivity index (χ4v) is 2.66. The third-order valence-corrected chi connectivity index (χ3v) is 3.86. The summed E-state index contributed by atoms with van der Waals surface area (Å²) in [5.74, 6) is -1.16. The maximum atomic E-state index is 11.8. The molecule has 10 heteroatoms. The van der Waals surface area contributed by atoms with Crippen molar-refractivity contribution in [2.75, 3.05) is 6.61 Å². The molecule has 0 unspecified atom stereocenters. The Hall–Kier alpha value is -1.26. The maximum Gasteiger partial charge on any atom is 1.00 e. The summed E-state index contributed by atoms with van der Waals surface area (Å²) in [6.45, 7) is 1.57. The van der Waals surface area contributed by atoms with E-state index in [-0.39, 0.29) is 60.4 Å². The second-order valence-corrected chi connectivity index (χ2v) is 5.81. The molecule has 0 spiro atoms. The number of rotatable bonds is 5. The van der Waals surface area contributed by atoms with Gasteiger partial charge in [0.2, 0.25) is 5.91 Å². The summed E-state index contributed by atoms with van der Waals surface area (Å²) < 4.78 is 38.3. The van der Waals surface area contributed by atoms with Crippen LogP contribution in [0, 0.1) is 0 Å². The second-order valence-electron chi connectivity index (χ2n) is 4.46. The largest absolute Gasteiger partial charge is 1.00 e. The summed E-state index contributed by atoms with van der Waals surface area (Å²) in [5.41, 5.74) is 0.0917. The Morgan fingerprint density at radius 3 is 2.65 bits per heavy atom. The van der Waals surface area contributed by atoms with Crippen LogP contribution in [0.25, 0.3) is 0 Å². The van der Waals surface area contributed by atoms with Gasteiger partial charge >= 0.3 is 35.5 Å². The van der Waals surface area contributed by atoms with Crippen molar-refractivity contribution >= 4 is 27.7 Å². The number of ether oxygens (including phenoxy) is 1. The van der Waals surface area contributed by atoms with Crippen LogP contribution in [-0.2, 0) is 31.0 Å². The van der Waals surface area contributed by atoms with E-state index in [1.165, 1.54) is 12.1 Å². The summed E-state index contributed by atoms with van der Waals surface area (Å²) in [7, 11) is -4.66. The quantitative estimate of drug-likeness (QED) is 0.323. The first-order valence-electron chi connectivity index (χ1n) is 6.41. The van der Waals surface area contributed by atoms with E-state index in [1.807, 2.05) is 0 Å². The Labute approximate surface area is 155 Å². The predicted octanol–water partition coefficient (Wildman–Crippen LogP) is -2.75. The van der Waals surface area contributed by atoms with E-state index in [9.17, 15) is 22.6 Å². The number of hydrogen-bond acceptors (Lipinski definition) is 7. The molecule has 0 saturated heterocycles. The molecule has 23 heavy (non-hydrogen) atoms. The Bertz CT molecular complexity index is 747. The van der Waals surface area contributed by atoms with Gasteiger partial charge in [0.1, 0.15) is 10.1 Å². The Kier molecular flexibility index (Phi) is 6.90. The van der Waals surface area contributed by atoms with Gasteiger partial charge in [0.15, 0.2) is 5.71 Å². The predicted molar refractivity (Wildman–Crippen MR) is 73.6 cm³/mol. The van der Waals surface area contributed by atoms with Gasteiger partial charge < -0.3 is 9.29 Å². The first-order valence-corrected chi connectivity index (χ1v) is 7.82. The molecule has 1 aliphatic heterocycles. The minimum absolute atomic E-state index is 0. The molecule has 0 fully saturated rings. The van der Waals surface area contributed by atoms with E-state index < -0.39 is 26.9 Å². The van der Waals surface area contributed by atoms with Gasteiger partial charge in [-0.15, -0.1) is 0 Å². The summed E-state index contributed by atoms with van der Waals surface area (Å²) in [6, 6.07) is 5.53. The van der Waals surface area contributed by atoms with Crippen LogP contribution >= 0.6 is 0 Å². The fourth-order valence-electron chi connectivity index (χ4n) is 1.96. The van der Waals surface area contributed by atoms with Crippen LogP contribution in [0.4, 0.5) is 0 Å². The van der Waals surface area contributed by atoms with Gasteiger partial charge in [-0.2, -0.15) is 5.10 Å². The van der Waals surface area contributed by atoms with Gasteiger partial charge in [-0.1, -0.05) is 18.2 Å². The van der Waals surface area contributed by atoms with Crippen LogP contribution in [0.3, 0.4) is 0 Å². The average Bonchev–Trinajstić information content (AvgIpc) is 2.80. The van der Waals surface area contributed by atoms with E-state index >= 15 is 0 Å². The number of amides is 1. The molecule has 0 atom stereocenters. The van der Waals surface area contributed by atoms with Crippen LogP contribution in [0.5, 0.6) is 0 Å². The van der Waals surface area contributed by atoms with Crippen LogP contribution in [0.15, 0.2) is 34.3 Å². The molecule has 0 bridgehead atoms. The third kappa shape index (κ3) is 4.85. The van der Waals surface area contributed by atoms with Gasteiger partial charge in [-0.3, -0.25) is 4.79 Å². The van der Waals surface area contributed by atoms with Crippen molar-refractivity contribution < 1.29 is 56.9 Å². The minimum atomic E-state index is -4.66. The number of nitrogens with zero attached hydrogens (tertiary/aromatic N) is 2. The molecule has 1 aliphatic rings. The van der Waals surface area contributed by atoms with Crippen molar-refractivity contribution in [3.63, 3.8) is 0 Å². The second kappa shape index (κ2) is 8.02. The molecule has 1 aromatic rings. The number of benzene rings is 1. The first kappa shape index (κ1) is 19.8. The van der Waals surface area contributed by atoms with Crippen molar-refractivity contribution in [3.05, 3.63) is 29.8 Å². The Morgan fingerprint density at radius 2 is 2.04 bits per heavy atom. The van der Waals surface area contributed by atoms with Gasteiger partial charge in [0.05, 0.1) is 24.5 Å². The van der Waals surface area contributed by atoms with Gasteiger partial charge in [0.25, 0.3) is 0 Å². The number of carbonyl (C=O) groups is 2. The molecule has 0 radical (unpaired) electrons. The van der Waals surface area contributed by atoms with Crippen LogP contribution in [0.2, 0.25) is 0 Å². The van der Waals surface area contributed by atoms with Crippen LogP contribution in [-0.4, -0.2) is 42.2 Å².